The molecule has 8 heteroatoms. The Labute approximate surface area is 185 Å². The molecule has 0 aliphatic carbocycles. The smallest absolute Gasteiger partial charge is 0.356 e. The van der Waals surface area contributed by atoms with Crippen LogP contribution >= 0.6 is 0 Å². The van der Waals surface area contributed by atoms with Gasteiger partial charge in [0.15, 0.2) is 5.69 Å². The number of pyridine rings is 1. The summed E-state index contributed by atoms with van der Waals surface area (Å²) in [5.41, 5.74) is 1.22. The highest BCUT2D eigenvalue weighted by molar-refractivity contribution is 5.98. The van der Waals surface area contributed by atoms with Crippen molar-refractivity contribution in [2.45, 2.75) is 31.9 Å². The summed E-state index contributed by atoms with van der Waals surface area (Å²) in [6.07, 6.45) is 2.00. The van der Waals surface area contributed by atoms with Crippen LogP contribution in [-0.2, 0) is 9.53 Å². The third-order valence-electron chi connectivity index (χ3n) is 5.54. The molecule has 1 aliphatic heterocycles. The number of ether oxygens (including phenoxy) is 1. The highest BCUT2D eigenvalue weighted by Crippen LogP contribution is 2.30. The molecule has 1 saturated heterocycles. The third-order valence-corrected chi connectivity index (χ3v) is 5.54. The summed E-state index contributed by atoms with van der Waals surface area (Å²) in [6, 6.07) is 9.06. The molecule has 0 spiro atoms. The van der Waals surface area contributed by atoms with Crippen LogP contribution in [0.3, 0.4) is 0 Å². The van der Waals surface area contributed by atoms with Gasteiger partial charge in [-0.3, -0.25) is 9.48 Å². The third kappa shape index (κ3) is 3.72. The van der Waals surface area contributed by atoms with Gasteiger partial charge in [0.1, 0.15) is 0 Å². The molecule has 1 aliphatic rings. The second-order valence-corrected chi connectivity index (χ2v) is 8.13. The van der Waals surface area contributed by atoms with Gasteiger partial charge in [-0.05, 0) is 32.0 Å². The van der Waals surface area contributed by atoms with Gasteiger partial charge in [0.25, 0.3) is 5.91 Å². The maximum absolute atomic E-state index is 12.3. The first kappa shape index (κ1) is 21.5. The van der Waals surface area contributed by atoms with Crippen molar-refractivity contribution in [3.63, 3.8) is 0 Å². The summed E-state index contributed by atoms with van der Waals surface area (Å²) >= 11 is 0. The van der Waals surface area contributed by atoms with Gasteiger partial charge in [-0.1, -0.05) is 24.0 Å². The predicted octanol–water partition coefficient (Wildman–Crippen LogP) is 2.41. The van der Waals surface area contributed by atoms with Gasteiger partial charge < -0.3 is 14.7 Å². The zero-order valence-corrected chi connectivity index (χ0v) is 18.4. The lowest BCUT2D eigenvalue weighted by Crippen LogP contribution is -2.37. The molecule has 1 fully saturated rings. The Morgan fingerprint density at radius 2 is 2.09 bits per heavy atom. The summed E-state index contributed by atoms with van der Waals surface area (Å²) < 4.78 is 6.71. The largest absolute Gasteiger partial charge is 0.464 e. The maximum Gasteiger partial charge on any atom is 0.356 e. The molecule has 0 saturated carbocycles. The Hall–Kier alpha value is -3.70. The van der Waals surface area contributed by atoms with Gasteiger partial charge >= 0.3 is 5.97 Å². The highest BCUT2D eigenvalue weighted by Gasteiger charge is 2.42. The van der Waals surface area contributed by atoms with Crippen molar-refractivity contribution in [1.29, 1.82) is 0 Å². The zero-order valence-electron chi connectivity index (χ0n) is 18.4. The topological polar surface area (TPSA) is 97.5 Å². The number of aromatic nitrogens is 3. The van der Waals surface area contributed by atoms with Crippen molar-refractivity contribution < 1.29 is 19.4 Å². The fourth-order valence-corrected chi connectivity index (χ4v) is 3.77. The van der Waals surface area contributed by atoms with Crippen molar-refractivity contribution in [3.8, 4) is 23.1 Å². The number of aliphatic hydroxyl groups is 1. The van der Waals surface area contributed by atoms with E-state index in [-0.39, 0.29) is 18.2 Å². The van der Waals surface area contributed by atoms with Crippen LogP contribution in [0.5, 0.6) is 0 Å². The van der Waals surface area contributed by atoms with Crippen LogP contribution in [0.1, 0.15) is 42.4 Å². The minimum absolute atomic E-state index is 0.0910. The van der Waals surface area contributed by atoms with E-state index in [1.54, 1.807) is 25.4 Å². The van der Waals surface area contributed by atoms with E-state index < -0.39 is 17.5 Å². The molecule has 32 heavy (non-hydrogen) atoms. The Morgan fingerprint density at radius 3 is 2.75 bits per heavy atom. The number of rotatable bonds is 3. The SMILES string of the molecule is COC(=O)c1cc2c(cnn2C(C)C)c(-c2cccc(C#CC3(O)CCN(C)C3=O)c2)n1. The number of carbonyl (C=O) groups is 2. The summed E-state index contributed by atoms with van der Waals surface area (Å²) in [5, 5.41) is 15.8. The van der Waals surface area contributed by atoms with Crippen LogP contribution < -0.4 is 0 Å². The van der Waals surface area contributed by atoms with Crippen LogP contribution in [0.15, 0.2) is 36.5 Å². The monoisotopic (exact) mass is 432 g/mol. The van der Waals surface area contributed by atoms with Crippen LogP contribution in [0, 0.1) is 11.8 Å². The number of hydrogen-bond donors (Lipinski definition) is 1. The zero-order chi connectivity index (χ0) is 23.0. The van der Waals surface area contributed by atoms with E-state index >= 15 is 0 Å². The van der Waals surface area contributed by atoms with Gasteiger partial charge in [-0.25, -0.2) is 9.78 Å². The highest BCUT2D eigenvalue weighted by atomic mass is 16.5. The molecule has 0 radical (unpaired) electrons. The van der Waals surface area contributed by atoms with Crippen molar-refractivity contribution in [1.82, 2.24) is 19.7 Å². The molecule has 1 N–H and O–H groups in total. The van der Waals surface area contributed by atoms with Crippen molar-refractivity contribution in [2.24, 2.45) is 0 Å². The molecule has 1 atom stereocenters. The lowest BCUT2D eigenvalue weighted by Gasteiger charge is -2.13. The molecular formula is C24H24N4O4. The second kappa shape index (κ2) is 8.09. The Bertz CT molecular complexity index is 1280. The number of amides is 1. The average molecular weight is 432 g/mol. The lowest BCUT2D eigenvalue weighted by atomic mass is 10.0. The molecule has 1 aromatic carbocycles. The molecule has 3 aromatic rings. The molecule has 1 amide bonds. The molecule has 2 aromatic heterocycles. The first-order valence-corrected chi connectivity index (χ1v) is 10.3. The number of nitrogens with zero attached hydrogens (tertiary/aromatic N) is 4. The van der Waals surface area contributed by atoms with Crippen LogP contribution in [0.2, 0.25) is 0 Å². The van der Waals surface area contributed by atoms with E-state index in [4.69, 9.17) is 4.74 Å². The second-order valence-electron chi connectivity index (χ2n) is 8.13. The minimum Gasteiger partial charge on any atom is -0.464 e. The van der Waals surface area contributed by atoms with Gasteiger partial charge in [0, 0.05) is 42.6 Å². The van der Waals surface area contributed by atoms with Gasteiger partial charge in [-0.2, -0.15) is 5.10 Å². The molecule has 164 valence electrons. The summed E-state index contributed by atoms with van der Waals surface area (Å²) in [5.74, 6) is 4.72. The number of esters is 1. The first-order chi connectivity index (χ1) is 15.2. The average Bonchev–Trinajstić information content (AvgIpc) is 3.34. The number of fused-ring (bicyclic) bond motifs is 1. The van der Waals surface area contributed by atoms with E-state index in [1.165, 1.54) is 12.0 Å². The van der Waals surface area contributed by atoms with E-state index in [0.29, 0.717) is 17.8 Å². The number of hydrogen-bond acceptors (Lipinski definition) is 6. The lowest BCUT2D eigenvalue weighted by molar-refractivity contribution is -0.137. The molecule has 0 bridgehead atoms. The number of carbonyl (C=O) groups excluding carboxylic acids is 2. The number of likely N-dealkylation sites (tertiary alicyclic amines) is 1. The number of methoxy groups -OCH3 is 1. The molecular weight excluding hydrogens is 408 g/mol. The predicted molar refractivity (Wildman–Crippen MR) is 119 cm³/mol. The Balaban J connectivity index is 1.81. The van der Waals surface area contributed by atoms with Gasteiger partial charge in [0.05, 0.1) is 24.5 Å². The standard InChI is InChI=1S/C24H24N4O4/c1-15(2)28-20-13-19(22(29)32-4)26-21(18(20)14-25-28)17-7-5-6-16(12-17)8-9-24(31)10-11-27(3)23(24)30/h5-7,12-15,31H,10-11H2,1-4H3. The van der Waals surface area contributed by atoms with E-state index in [2.05, 4.69) is 21.9 Å². The fourth-order valence-electron chi connectivity index (χ4n) is 3.77. The molecule has 1 unspecified atom stereocenters. The number of likely N-dealkylation sites (N-methyl/N-ethyl adjacent to an activating group) is 1. The first-order valence-electron chi connectivity index (χ1n) is 10.3. The van der Waals surface area contributed by atoms with Crippen molar-refractivity contribution in [3.05, 3.63) is 47.8 Å². The minimum atomic E-state index is -1.67. The molecule has 8 nitrogen and oxygen atoms in total. The summed E-state index contributed by atoms with van der Waals surface area (Å²) in [6.45, 7) is 4.48. The molecule has 3 heterocycles. The van der Waals surface area contributed by atoms with Crippen LogP contribution in [-0.4, -0.2) is 63.0 Å². The van der Waals surface area contributed by atoms with E-state index in [0.717, 1.165) is 16.5 Å². The van der Waals surface area contributed by atoms with Gasteiger partial charge in [0.2, 0.25) is 5.60 Å². The maximum atomic E-state index is 12.3. The van der Waals surface area contributed by atoms with Crippen molar-refractivity contribution in [2.75, 3.05) is 20.7 Å². The van der Waals surface area contributed by atoms with E-state index in [9.17, 15) is 14.7 Å². The van der Waals surface area contributed by atoms with Crippen LogP contribution in [0.25, 0.3) is 22.2 Å². The number of benzene rings is 1. The van der Waals surface area contributed by atoms with Crippen molar-refractivity contribution >= 4 is 22.8 Å². The quantitative estimate of drug-likeness (QED) is 0.504. The Kier molecular flexibility index (Phi) is 5.45. The van der Waals surface area contributed by atoms with Crippen LogP contribution in [0.4, 0.5) is 0 Å². The fraction of sp³-hybridized carbons (Fsp3) is 0.333. The summed E-state index contributed by atoms with van der Waals surface area (Å²) in [4.78, 5) is 30.4. The molecule has 4 rings (SSSR count). The van der Waals surface area contributed by atoms with E-state index in [1.807, 2.05) is 36.7 Å². The summed E-state index contributed by atoms with van der Waals surface area (Å²) in [7, 11) is 2.96. The normalized spacial score (nSPS) is 18.2. The Morgan fingerprint density at radius 1 is 1.31 bits per heavy atom. The van der Waals surface area contributed by atoms with Gasteiger partial charge in [-0.15, -0.1) is 0 Å².